The van der Waals surface area contributed by atoms with Gasteiger partial charge in [0.2, 0.25) is 0 Å². The first kappa shape index (κ1) is 18.7. The van der Waals surface area contributed by atoms with Gasteiger partial charge in [-0.05, 0) is 25.0 Å². The summed E-state index contributed by atoms with van der Waals surface area (Å²) in [6.07, 6.45) is 10.2. The molecule has 132 valence electrons. The van der Waals surface area contributed by atoms with Crippen LogP contribution in [-0.4, -0.2) is 28.0 Å². The van der Waals surface area contributed by atoms with Crippen LogP contribution < -0.4 is 0 Å². The molecule has 0 aliphatic carbocycles. The molecule has 0 spiro atoms. The number of nitrogens with zero attached hydrogens (tertiary/aromatic N) is 1. The van der Waals surface area contributed by atoms with Crippen molar-refractivity contribution >= 4 is 11.8 Å². The van der Waals surface area contributed by atoms with Crippen LogP contribution in [0.25, 0.3) is 0 Å². The number of amides is 2. The Bertz CT molecular complexity index is 521. The third-order valence-corrected chi connectivity index (χ3v) is 4.69. The van der Waals surface area contributed by atoms with E-state index in [9.17, 15) is 14.7 Å². The normalized spacial score (nSPS) is 15.0. The van der Waals surface area contributed by atoms with E-state index >= 15 is 0 Å². The molecule has 1 aliphatic heterocycles. The second-order valence-electron chi connectivity index (χ2n) is 6.62. The molecule has 2 rings (SSSR count). The van der Waals surface area contributed by atoms with E-state index in [0.717, 1.165) is 24.2 Å². The van der Waals surface area contributed by atoms with Gasteiger partial charge in [-0.25, -0.2) is 4.90 Å². The van der Waals surface area contributed by atoms with Gasteiger partial charge in [0.1, 0.15) is 6.23 Å². The first-order valence-electron chi connectivity index (χ1n) is 9.31. The summed E-state index contributed by atoms with van der Waals surface area (Å²) in [5.74, 6) is -0.752. The Morgan fingerprint density at radius 2 is 1.29 bits per heavy atom. The maximum Gasteiger partial charge on any atom is 0.263 e. The van der Waals surface area contributed by atoms with Crippen molar-refractivity contribution < 1.29 is 14.7 Å². The van der Waals surface area contributed by atoms with Crippen LogP contribution in [0.15, 0.2) is 24.3 Å². The van der Waals surface area contributed by atoms with E-state index in [1.54, 1.807) is 24.3 Å². The summed E-state index contributed by atoms with van der Waals surface area (Å²) < 4.78 is 0. The van der Waals surface area contributed by atoms with E-state index < -0.39 is 6.23 Å². The molecular formula is C20H29NO3. The van der Waals surface area contributed by atoms with Crippen LogP contribution >= 0.6 is 0 Å². The molecule has 4 nitrogen and oxygen atoms in total. The zero-order chi connectivity index (χ0) is 17.4. The molecule has 1 unspecified atom stereocenters. The highest BCUT2D eigenvalue weighted by atomic mass is 16.3. The molecule has 4 heteroatoms. The number of unbranched alkanes of at least 4 members (excludes halogenated alkanes) is 8. The Labute approximate surface area is 144 Å². The molecule has 1 N–H and O–H groups in total. The van der Waals surface area contributed by atoms with Gasteiger partial charge in [0, 0.05) is 0 Å². The number of aliphatic hydroxyl groups excluding tert-OH is 1. The molecule has 0 saturated carbocycles. The molecule has 1 heterocycles. The molecule has 2 amide bonds. The van der Waals surface area contributed by atoms with E-state index in [1.807, 2.05) is 0 Å². The van der Waals surface area contributed by atoms with Crippen LogP contribution in [-0.2, 0) is 0 Å². The van der Waals surface area contributed by atoms with Gasteiger partial charge in [0.25, 0.3) is 11.8 Å². The minimum Gasteiger partial charge on any atom is -0.373 e. The molecule has 0 saturated heterocycles. The molecule has 0 fully saturated rings. The average molecular weight is 331 g/mol. The molecule has 0 radical (unpaired) electrons. The molecule has 0 aromatic heterocycles. The Hall–Kier alpha value is -1.68. The number of aliphatic hydroxyl groups is 1. The smallest absolute Gasteiger partial charge is 0.263 e. The number of imide groups is 1. The van der Waals surface area contributed by atoms with E-state index in [2.05, 4.69) is 6.92 Å². The zero-order valence-corrected chi connectivity index (χ0v) is 14.7. The van der Waals surface area contributed by atoms with Gasteiger partial charge in [-0.3, -0.25) is 9.59 Å². The van der Waals surface area contributed by atoms with Gasteiger partial charge in [-0.15, -0.1) is 0 Å². The van der Waals surface area contributed by atoms with Gasteiger partial charge in [-0.2, -0.15) is 0 Å². The largest absolute Gasteiger partial charge is 0.373 e. The first-order valence-corrected chi connectivity index (χ1v) is 9.31. The van der Waals surface area contributed by atoms with Crippen molar-refractivity contribution in [1.29, 1.82) is 0 Å². The van der Waals surface area contributed by atoms with Crippen LogP contribution in [0.5, 0.6) is 0 Å². The highest BCUT2D eigenvalue weighted by molar-refractivity contribution is 6.21. The first-order chi connectivity index (χ1) is 11.7. The lowest BCUT2D eigenvalue weighted by Crippen LogP contribution is -2.39. The van der Waals surface area contributed by atoms with Crippen molar-refractivity contribution in [2.75, 3.05) is 0 Å². The lowest BCUT2D eigenvalue weighted by Gasteiger charge is -2.21. The summed E-state index contributed by atoms with van der Waals surface area (Å²) in [6.45, 7) is 2.22. The highest BCUT2D eigenvalue weighted by Gasteiger charge is 2.38. The van der Waals surface area contributed by atoms with Crippen molar-refractivity contribution in [3.8, 4) is 0 Å². The average Bonchev–Trinajstić information content (AvgIpc) is 2.85. The van der Waals surface area contributed by atoms with Gasteiger partial charge in [0.15, 0.2) is 0 Å². The Morgan fingerprint density at radius 1 is 0.833 bits per heavy atom. The molecule has 0 bridgehead atoms. The standard InChI is InChI=1S/C20H29NO3/c1-2-3-4-5-6-7-8-9-10-15-18(22)21-19(23)16-13-11-12-14-17(16)20(21)24/h11-14,18,22H,2-10,15H2,1H3. The maximum atomic E-state index is 12.3. The summed E-state index contributed by atoms with van der Waals surface area (Å²) in [5.41, 5.74) is 0.794. The van der Waals surface area contributed by atoms with Crippen molar-refractivity contribution in [2.45, 2.75) is 77.4 Å². The third kappa shape index (κ3) is 4.67. The predicted octanol–water partition coefficient (Wildman–Crippen LogP) is 4.52. The molecule has 1 aliphatic rings. The quantitative estimate of drug-likeness (QED) is 0.479. The van der Waals surface area contributed by atoms with Gasteiger partial charge < -0.3 is 5.11 Å². The summed E-state index contributed by atoms with van der Waals surface area (Å²) >= 11 is 0. The lowest BCUT2D eigenvalue weighted by molar-refractivity contribution is 0.00963. The van der Waals surface area contributed by atoms with E-state index in [0.29, 0.717) is 17.5 Å². The number of carbonyl (C=O) groups excluding carboxylic acids is 2. The molecule has 1 aromatic rings. The summed E-state index contributed by atoms with van der Waals surface area (Å²) in [6, 6.07) is 6.75. The minimum atomic E-state index is -1.01. The van der Waals surface area contributed by atoms with Crippen LogP contribution in [0.3, 0.4) is 0 Å². The van der Waals surface area contributed by atoms with E-state index in [4.69, 9.17) is 0 Å². The lowest BCUT2D eigenvalue weighted by atomic mass is 10.1. The van der Waals surface area contributed by atoms with Gasteiger partial charge >= 0.3 is 0 Å². The van der Waals surface area contributed by atoms with Gasteiger partial charge in [-0.1, -0.05) is 70.4 Å². The number of hydrogen-bond donors (Lipinski definition) is 1. The fourth-order valence-electron chi connectivity index (χ4n) is 3.25. The molecule has 24 heavy (non-hydrogen) atoms. The zero-order valence-electron chi connectivity index (χ0n) is 14.7. The Balaban J connectivity index is 1.66. The van der Waals surface area contributed by atoms with Crippen LogP contribution in [0.4, 0.5) is 0 Å². The molecule has 1 atom stereocenters. The van der Waals surface area contributed by atoms with Crippen LogP contribution in [0.1, 0.15) is 91.8 Å². The number of benzene rings is 1. The van der Waals surface area contributed by atoms with Crippen molar-refractivity contribution in [3.05, 3.63) is 35.4 Å². The topological polar surface area (TPSA) is 57.6 Å². The van der Waals surface area contributed by atoms with Gasteiger partial charge in [0.05, 0.1) is 11.1 Å². The summed E-state index contributed by atoms with van der Waals surface area (Å²) in [5, 5.41) is 10.2. The number of rotatable bonds is 11. The second kappa shape index (κ2) is 9.58. The number of carbonyl (C=O) groups is 2. The maximum absolute atomic E-state index is 12.3. The summed E-state index contributed by atoms with van der Waals surface area (Å²) in [4.78, 5) is 25.5. The van der Waals surface area contributed by atoms with Crippen molar-refractivity contribution in [3.63, 3.8) is 0 Å². The monoisotopic (exact) mass is 331 g/mol. The number of fused-ring (bicyclic) bond motifs is 1. The molecular weight excluding hydrogens is 302 g/mol. The van der Waals surface area contributed by atoms with Crippen molar-refractivity contribution in [2.24, 2.45) is 0 Å². The van der Waals surface area contributed by atoms with Crippen molar-refractivity contribution in [1.82, 2.24) is 4.90 Å². The third-order valence-electron chi connectivity index (χ3n) is 4.69. The second-order valence-corrected chi connectivity index (χ2v) is 6.62. The van der Waals surface area contributed by atoms with Crippen LogP contribution in [0, 0.1) is 0 Å². The summed E-state index contributed by atoms with van der Waals surface area (Å²) in [7, 11) is 0. The van der Waals surface area contributed by atoms with Crippen LogP contribution in [0.2, 0.25) is 0 Å². The fourth-order valence-corrected chi connectivity index (χ4v) is 3.25. The molecule has 1 aromatic carbocycles. The highest BCUT2D eigenvalue weighted by Crippen LogP contribution is 2.25. The minimum absolute atomic E-state index is 0.376. The SMILES string of the molecule is CCCCCCCCCCCC(O)N1C(=O)c2ccccc2C1=O. The van der Waals surface area contributed by atoms with E-state index in [-0.39, 0.29) is 11.8 Å². The van der Waals surface area contributed by atoms with E-state index in [1.165, 1.54) is 38.5 Å². The predicted molar refractivity (Wildman–Crippen MR) is 94.8 cm³/mol. The number of hydrogen-bond acceptors (Lipinski definition) is 3. The fraction of sp³-hybridized carbons (Fsp3) is 0.600. The Kier molecular flexibility index (Phi) is 7.44. The Morgan fingerprint density at radius 3 is 1.79 bits per heavy atom.